The molecule has 0 heterocycles. The molecule has 1 aromatic carbocycles. The number of alkyl halides is 11. The maximum atomic E-state index is 15.8. The Labute approximate surface area is 388 Å². The molecule has 0 aromatic heterocycles. The summed E-state index contributed by atoms with van der Waals surface area (Å²) in [6.07, 6.45) is -46.8. The molecule has 0 radical (unpaired) electrons. The third kappa shape index (κ3) is 7.05. The molecule has 30 heteroatoms. The number of fused-ring (bicyclic) bond motifs is 1. The zero-order valence-corrected chi connectivity index (χ0v) is 34.3. The predicted octanol–water partition coefficient (Wildman–Crippen LogP) is 16.3. The average molecular weight is 1110 g/mol. The first-order valence-electron chi connectivity index (χ1n) is 19.7. The molecule has 0 nitrogen and oxygen atoms in total. The number of halogens is 30. The largest absolute Gasteiger partial charge is 0.241 e. The highest BCUT2D eigenvalue weighted by molar-refractivity contribution is 5.83. The molecule has 0 aliphatic heterocycles. The van der Waals surface area contributed by atoms with Crippen LogP contribution in [0.25, 0.3) is 11.1 Å². The van der Waals surface area contributed by atoms with Gasteiger partial charge in [0.1, 0.15) is 17.8 Å². The van der Waals surface area contributed by atoms with Gasteiger partial charge in [-0.05, 0) is 0 Å². The van der Waals surface area contributed by atoms with Crippen molar-refractivity contribution in [2.75, 3.05) is 0 Å². The van der Waals surface area contributed by atoms with Crippen LogP contribution in [0.5, 0.6) is 0 Å². The molecule has 0 bridgehead atoms. The molecular weight excluding hydrogens is 1100 g/mol. The van der Waals surface area contributed by atoms with E-state index < -0.39 is 257 Å². The topological polar surface area (TPSA) is 0 Å². The molecule has 12 unspecified atom stereocenters. The van der Waals surface area contributed by atoms with Gasteiger partial charge in [0.05, 0.1) is 17.0 Å². The molecule has 0 N–H and O–H groups in total. The lowest BCUT2D eigenvalue weighted by Gasteiger charge is -2.36. The van der Waals surface area contributed by atoms with Crippen LogP contribution in [0.15, 0.2) is 138 Å². The lowest BCUT2D eigenvalue weighted by atomic mass is 9.74. The van der Waals surface area contributed by atoms with Crippen LogP contribution in [-0.2, 0) is 0 Å². The van der Waals surface area contributed by atoms with E-state index in [9.17, 15) is 39.5 Å². The van der Waals surface area contributed by atoms with Crippen molar-refractivity contribution in [1.82, 2.24) is 0 Å². The Morgan fingerprint density at radius 1 is 0.162 bits per heavy atom. The maximum absolute atomic E-state index is 15.8. The van der Waals surface area contributed by atoms with E-state index in [0.717, 1.165) is 0 Å². The van der Waals surface area contributed by atoms with Crippen molar-refractivity contribution < 1.29 is 132 Å². The van der Waals surface area contributed by atoms with Crippen molar-refractivity contribution in [3.63, 3.8) is 0 Å². The van der Waals surface area contributed by atoms with Gasteiger partial charge in [-0.1, -0.05) is 0 Å². The SMILES string of the molecule is FC1=C(F)C2=C(F)C(F)=C(C3=C(F)C(F)=C(c4c(F)c(F)c(C5=C(F)C(F)=C(C6=C(F)C(F)=C(C7=C(F)C8=C(C(F)=C(F)C(F)C8F)C(F)C7F)C(F)C6F)C(F)C5F)c(F)c4F)C(F)C3F)C(F)C2C(F)=C1F. The minimum absolute atomic E-state index is 2.27. The Hall–Kier alpha value is -6.26. The zero-order valence-electron chi connectivity index (χ0n) is 34.3. The lowest BCUT2D eigenvalue weighted by Crippen LogP contribution is -2.41. The molecule has 0 saturated carbocycles. The van der Waals surface area contributed by atoms with Crippen LogP contribution in [-0.4, -0.2) is 67.9 Å². The van der Waals surface area contributed by atoms with Gasteiger partial charge in [0.25, 0.3) is 0 Å². The zero-order chi connectivity index (χ0) is 55.4. The Bertz CT molecular complexity index is 3210. The van der Waals surface area contributed by atoms with Crippen molar-refractivity contribution >= 4 is 11.1 Å². The van der Waals surface area contributed by atoms with E-state index in [4.69, 9.17) is 0 Å². The van der Waals surface area contributed by atoms with Gasteiger partial charge in [-0.15, -0.1) is 0 Å². The second-order valence-electron chi connectivity index (χ2n) is 16.2. The predicted molar refractivity (Wildman–Crippen MR) is 191 cm³/mol. The van der Waals surface area contributed by atoms with Gasteiger partial charge >= 0.3 is 0 Å². The Balaban J connectivity index is 1.25. The summed E-state index contributed by atoms with van der Waals surface area (Å²) in [5.74, 6) is -63.7. The van der Waals surface area contributed by atoms with E-state index in [-0.39, 0.29) is 0 Å². The van der Waals surface area contributed by atoms with Crippen LogP contribution in [0.1, 0.15) is 11.1 Å². The quantitative estimate of drug-likeness (QED) is 0.204. The molecule has 398 valence electrons. The number of hydrogen-bond donors (Lipinski definition) is 0. The van der Waals surface area contributed by atoms with Crippen LogP contribution in [0.3, 0.4) is 0 Å². The second-order valence-corrected chi connectivity index (χ2v) is 16.2. The summed E-state index contributed by atoms with van der Waals surface area (Å²) in [6.45, 7) is 0. The third-order valence-corrected chi connectivity index (χ3v) is 12.5. The molecule has 0 fully saturated rings. The van der Waals surface area contributed by atoms with E-state index in [1.165, 1.54) is 0 Å². The van der Waals surface area contributed by atoms with Crippen molar-refractivity contribution in [1.29, 1.82) is 0 Å². The van der Waals surface area contributed by atoms with Crippen molar-refractivity contribution in [2.24, 2.45) is 5.92 Å². The monoisotopic (exact) mass is 1110 g/mol. The third-order valence-electron chi connectivity index (χ3n) is 12.5. The van der Waals surface area contributed by atoms with Crippen LogP contribution in [0.2, 0.25) is 0 Å². The minimum atomic E-state index is -4.56. The summed E-state index contributed by atoms with van der Waals surface area (Å²) < 4.78 is 455. The molecule has 74 heavy (non-hydrogen) atoms. The van der Waals surface area contributed by atoms with Gasteiger partial charge in [0.15, 0.2) is 161 Å². The molecule has 0 amide bonds. The van der Waals surface area contributed by atoms with E-state index in [1.54, 1.807) is 0 Å². The number of benzene rings is 1. The fourth-order valence-corrected chi connectivity index (χ4v) is 9.12. The number of hydrogen-bond acceptors (Lipinski definition) is 0. The number of rotatable bonds is 5. The fraction of sp³-hybridized carbons (Fsp3) is 0.273. The van der Waals surface area contributed by atoms with Crippen LogP contribution in [0, 0.1) is 29.2 Å². The first-order valence-corrected chi connectivity index (χ1v) is 19.7. The van der Waals surface area contributed by atoms with Gasteiger partial charge in [-0.25, -0.2) is 132 Å². The van der Waals surface area contributed by atoms with E-state index in [1.807, 2.05) is 0 Å². The van der Waals surface area contributed by atoms with Gasteiger partial charge in [-0.2, -0.15) is 0 Å². The van der Waals surface area contributed by atoms with Crippen LogP contribution in [0.4, 0.5) is 132 Å². The van der Waals surface area contributed by atoms with Crippen LogP contribution >= 0.6 is 0 Å². The summed E-state index contributed by atoms with van der Waals surface area (Å²) in [5, 5.41) is 0. The van der Waals surface area contributed by atoms with Crippen molar-refractivity contribution in [2.45, 2.75) is 67.9 Å². The average Bonchev–Trinajstić information content (AvgIpc) is 3.35. The van der Waals surface area contributed by atoms with Gasteiger partial charge in [0.2, 0.25) is 0 Å². The smallest absolute Gasteiger partial charge is 0.197 e. The summed E-state index contributed by atoms with van der Waals surface area (Å²) >= 11 is 0. The second kappa shape index (κ2) is 18.2. The van der Waals surface area contributed by atoms with Crippen molar-refractivity contribution in [3.8, 4) is 0 Å². The molecule has 8 rings (SSSR count). The maximum Gasteiger partial charge on any atom is 0.197 e. The Morgan fingerprint density at radius 2 is 0.405 bits per heavy atom. The molecule has 7 aliphatic rings. The first kappa shape index (κ1) is 54.0. The highest BCUT2D eigenvalue weighted by Gasteiger charge is 2.57. The molecule has 7 aliphatic carbocycles. The molecular formula is C44H12F30. The summed E-state index contributed by atoms with van der Waals surface area (Å²) in [5.41, 5.74) is -35.6. The molecule has 0 spiro atoms. The minimum Gasteiger partial charge on any atom is -0.241 e. The molecule has 0 saturated heterocycles. The standard InChI is InChI=1S/C44H12F30/c45-15-1(17(47)23(53)7-3(15)37(67)41(71)43(73)39(7)69)5-19(49)25(55)9(26(56)20(5)50)11-29(59)33(63)13(34(64)30(11)60)14-35(65)31(61)12(32(62)36(14)66)10-27(57)21(51)6(22(52)28(10)58)2-16(46)4-8(24(54)18(2)48)40(70)44(74)42(72)38(4)68/h3,15,18-19,21,24-25,27,31,35,38,42H. The summed E-state index contributed by atoms with van der Waals surface area (Å²) in [4.78, 5) is 0. The van der Waals surface area contributed by atoms with E-state index in [0.29, 0.717) is 0 Å². The Kier molecular flexibility index (Phi) is 13.3. The number of allylic oxidation sites excluding steroid dienone is 26. The summed E-state index contributed by atoms with van der Waals surface area (Å²) in [7, 11) is 0. The highest BCUT2D eigenvalue weighted by atomic mass is 19.2. The van der Waals surface area contributed by atoms with Gasteiger partial charge in [-0.3, -0.25) is 0 Å². The van der Waals surface area contributed by atoms with Gasteiger partial charge in [0, 0.05) is 61.3 Å². The summed E-state index contributed by atoms with van der Waals surface area (Å²) in [6, 6.07) is 0. The molecule has 1 aromatic rings. The normalized spacial score (nSPS) is 32.8. The van der Waals surface area contributed by atoms with Crippen LogP contribution < -0.4 is 0 Å². The first-order chi connectivity index (χ1) is 34.3. The van der Waals surface area contributed by atoms with E-state index in [2.05, 4.69) is 0 Å². The van der Waals surface area contributed by atoms with Gasteiger partial charge < -0.3 is 0 Å². The van der Waals surface area contributed by atoms with Crippen molar-refractivity contribution in [3.05, 3.63) is 172 Å². The Morgan fingerprint density at radius 3 is 0.757 bits per heavy atom. The lowest BCUT2D eigenvalue weighted by molar-refractivity contribution is 0.158. The molecule has 12 atom stereocenters. The fourth-order valence-electron chi connectivity index (χ4n) is 9.12. The van der Waals surface area contributed by atoms with E-state index >= 15 is 92.2 Å². The highest BCUT2D eigenvalue weighted by Crippen LogP contribution is 2.58.